The van der Waals surface area contributed by atoms with E-state index in [1.807, 2.05) is 0 Å². The van der Waals surface area contributed by atoms with Crippen molar-refractivity contribution in [1.29, 1.82) is 0 Å². The zero-order chi connectivity index (χ0) is 21.8. The van der Waals surface area contributed by atoms with Crippen molar-refractivity contribution < 1.29 is 28.6 Å². The lowest BCUT2D eigenvalue weighted by molar-refractivity contribution is -0.144. The van der Waals surface area contributed by atoms with Gasteiger partial charge in [0.1, 0.15) is 5.82 Å². The van der Waals surface area contributed by atoms with Gasteiger partial charge in [-0.25, -0.2) is 14.2 Å². The molecule has 0 saturated carbocycles. The van der Waals surface area contributed by atoms with Gasteiger partial charge in [0.05, 0.1) is 17.7 Å². The molecule has 2 aromatic carbocycles. The molecule has 1 fully saturated rings. The maximum absolute atomic E-state index is 13.1. The van der Waals surface area contributed by atoms with Crippen LogP contribution in [0.1, 0.15) is 12.5 Å². The molecule has 0 aliphatic carbocycles. The Hall–Kier alpha value is -3.33. The van der Waals surface area contributed by atoms with Gasteiger partial charge >= 0.3 is 5.97 Å². The number of rotatable bonds is 6. The molecule has 1 aliphatic rings. The molecule has 30 heavy (non-hydrogen) atoms. The van der Waals surface area contributed by atoms with Crippen LogP contribution in [0.25, 0.3) is 6.08 Å². The van der Waals surface area contributed by atoms with Gasteiger partial charge in [-0.2, -0.15) is 0 Å². The number of benzene rings is 2. The highest BCUT2D eigenvalue weighted by atomic mass is 32.2. The number of carbonyl (C=O) groups is 2. The molecule has 156 valence electrons. The number of hydrogen-bond acceptors (Lipinski definition) is 6. The highest BCUT2D eigenvalue weighted by Gasteiger charge is 2.30. The Labute approximate surface area is 176 Å². The van der Waals surface area contributed by atoms with Gasteiger partial charge < -0.3 is 14.6 Å². The molecule has 0 spiro atoms. The van der Waals surface area contributed by atoms with Crippen LogP contribution in [0.5, 0.6) is 11.5 Å². The predicted octanol–water partition coefficient (Wildman–Crippen LogP) is 3.92. The van der Waals surface area contributed by atoms with Crippen LogP contribution >= 0.6 is 11.8 Å². The number of carbonyl (C=O) groups excluding carboxylic acids is 1. The summed E-state index contributed by atoms with van der Waals surface area (Å²) in [5.41, 5.74) is 1.21. The van der Waals surface area contributed by atoms with Gasteiger partial charge in [-0.15, -0.1) is 0 Å². The summed E-state index contributed by atoms with van der Waals surface area (Å²) in [7, 11) is 3.06. The summed E-state index contributed by atoms with van der Waals surface area (Å²) in [6, 6.07) is 10.6. The van der Waals surface area contributed by atoms with E-state index in [4.69, 9.17) is 14.6 Å². The molecule has 0 bridgehead atoms. The Morgan fingerprint density at radius 3 is 2.57 bits per heavy atom. The molecule has 3 rings (SSSR count). The third-order valence-electron chi connectivity index (χ3n) is 4.19. The fraction of sp³-hybridized carbons (Fsp3) is 0.190. The number of ether oxygens (including phenoxy) is 2. The lowest BCUT2D eigenvalue weighted by atomic mass is 10.2. The number of thioether (sulfide) groups is 1. The topological polar surface area (TPSA) is 88.4 Å². The van der Waals surface area contributed by atoms with Crippen LogP contribution < -0.4 is 9.47 Å². The van der Waals surface area contributed by atoms with Crippen molar-refractivity contribution in [3.63, 3.8) is 0 Å². The molecule has 1 atom stereocenters. The minimum atomic E-state index is -1.09. The van der Waals surface area contributed by atoms with Crippen molar-refractivity contribution >= 4 is 40.6 Å². The molecule has 1 heterocycles. The van der Waals surface area contributed by atoms with E-state index in [1.54, 1.807) is 31.3 Å². The second-order valence-electron chi connectivity index (χ2n) is 6.35. The molecule has 7 nitrogen and oxygen atoms in total. The number of hydrogen-bond donors (Lipinski definition) is 1. The molecular formula is C21H19FN2O5S. The number of carboxylic acids is 1. The van der Waals surface area contributed by atoms with Crippen LogP contribution in [0.2, 0.25) is 0 Å². The monoisotopic (exact) mass is 430 g/mol. The zero-order valence-electron chi connectivity index (χ0n) is 16.5. The fourth-order valence-corrected chi connectivity index (χ4v) is 3.53. The molecule has 0 radical (unpaired) electrons. The van der Waals surface area contributed by atoms with E-state index in [0.29, 0.717) is 27.1 Å². The molecule has 2 aromatic rings. The Kier molecular flexibility index (Phi) is 6.41. The van der Waals surface area contributed by atoms with Gasteiger partial charge in [-0.1, -0.05) is 6.07 Å². The lowest BCUT2D eigenvalue weighted by Gasteiger charge is -2.14. The van der Waals surface area contributed by atoms with Crippen LogP contribution in [0, 0.1) is 5.82 Å². The Morgan fingerprint density at radius 1 is 1.23 bits per heavy atom. The number of aliphatic imine (C=N–C) groups is 1. The summed E-state index contributed by atoms with van der Waals surface area (Å²) in [6.07, 6.45) is 0.651. The molecule has 9 heteroatoms. The Morgan fingerprint density at radius 2 is 1.93 bits per heavy atom. The number of amidine groups is 1. The van der Waals surface area contributed by atoms with E-state index in [1.165, 1.54) is 55.0 Å². The maximum Gasteiger partial charge on any atom is 0.344 e. The van der Waals surface area contributed by atoms with Gasteiger partial charge in [-0.05, 0) is 66.7 Å². The quantitative estimate of drug-likeness (QED) is 0.699. The zero-order valence-corrected chi connectivity index (χ0v) is 17.3. The van der Waals surface area contributed by atoms with Gasteiger partial charge in [0, 0.05) is 7.05 Å². The van der Waals surface area contributed by atoms with Crippen molar-refractivity contribution in [2.45, 2.75) is 13.0 Å². The first kappa shape index (κ1) is 21.4. The molecule has 1 amide bonds. The average molecular weight is 430 g/mol. The third-order valence-corrected chi connectivity index (χ3v) is 5.25. The first-order valence-corrected chi connectivity index (χ1v) is 9.69. The maximum atomic E-state index is 13.1. The molecule has 1 N–H and O–H groups in total. The van der Waals surface area contributed by atoms with Gasteiger partial charge in [0.15, 0.2) is 22.8 Å². The number of carboxylic acid groups (broad SMARTS) is 1. The van der Waals surface area contributed by atoms with Crippen LogP contribution in [0.3, 0.4) is 0 Å². The normalized spacial score (nSPS) is 17.5. The molecule has 0 aromatic heterocycles. The molecule has 0 unspecified atom stereocenters. The Balaban J connectivity index is 1.84. The van der Waals surface area contributed by atoms with Crippen LogP contribution in [-0.4, -0.2) is 47.3 Å². The number of likely N-dealkylation sites (N-methyl/N-ethyl adjacent to an activating group) is 1. The second kappa shape index (κ2) is 9.00. The minimum Gasteiger partial charge on any atom is -0.493 e. The van der Waals surface area contributed by atoms with Crippen LogP contribution in [0.4, 0.5) is 10.1 Å². The van der Waals surface area contributed by atoms with Crippen molar-refractivity contribution in [3.05, 3.63) is 58.8 Å². The van der Waals surface area contributed by atoms with Crippen molar-refractivity contribution in [3.8, 4) is 11.5 Å². The number of nitrogens with zero attached hydrogens (tertiary/aromatic N) is 2. The molecule has 1 aliphatic heterocycles. The number of aliphatic carboxylic acids is 1. The van der Waals surface area contributed by atoms with Crippen molar-refractivity contribution in [2.24, 2.45) is 4.99 Å². The van der Waals surface area contributed by atoms with Crippen molar-refractivity contribution in [2.75, 3.05) is 14.2 Å². The lowest BCUT2D eigenvalue weighted by Crippen LogP contribution is -2.23. The second-order valence-corrected chi connectivity index (χ2v) is 7.36. The van der Waals surface area contributed by atoms with Gasteiger partial charge in [0.2, 0.25) is 0 Å². The number of halogens is 1. The van der Waals surface area contributed by atoms with E-state index in [0.717, 1.165) is 0 Å². The molecular weight excluding hydrogens is 411 g/mol. The van der Waals surface area contributed by atoms with E-state index < -0.39 is 12.1 Å². The highest BCUT2D eigenvalue weighted by Crippen LogP contribution is 2.35. The SMILES string of the molecule is COc1cc(/C=C2/SC(=Nc3ccc(F)cc3)N(C)C2=O)ccc1O[C@@H](C)C(=O)O. The van der Waals surface area contributed by atoms with E-state index in [-0.39, 0.29) is 17.5 Å². The summed E-state index contributed by atoms with van der Waals surface area (Å²) in [4.78, 5) is 29.8. The Bertz CT molecular complexity index is 1040. The van der Waals surface area contributed by atoms with E-state index in [9.17, 15) is 14.0 Å². The standard InChI is InChI=1S/C21H19FN2O5S/c1-12(20(26)27)29-16-9-4-13(10-17(16)28-3)11-18-19(25)24(2)21(30-18)23-15-7-5-14(22)6-8-15/h4-12H,1-3H3,(H,26,27)/b18-11+,23-21?/t12-/m0/s1. The van der Waals surface area contributed by atoms with E-state index in [2.05, 4.69) is 4.99 Å². The van der Waals surface area contributed by atoms with Gasteiger partial charge in [0.25, 0.3) is 5.91 Å². The highest BCUT2D eigenvalue weighted by molar-refractivity contribution is 8.18. The number of methoxy groups -OCH3 is 1. The van der Waals surface area contributed by atoms with Gasteiger partial charge in [-0.3, -0.25) is 9.69 Å². The first-order valence-electron chi connectivity index (χ1n) is 8.88. The third kappa shape index (κ3) is 4.80. The predicted molar refractivity (Wildman–Crippen MR) is 113 cm³/mol. The summed E-state index contributed by atoms with van der Waals surface area (Å²) in [6.45, 7) is 1.42. The average Bonchev–Trinajstić information content (AvgIpc) is 2.98. The fourth-order valence-electron chi connectivity index (χ4n) is 2.54. The number of amides is 1. The van der Waals surface area contributed by atoms with E-state index >= 15 is 0 Å². The largest absolute Gasteiger partial charge is 0.493 e. The summed E-state index contributed by atoms with van der Waals surface area (Å²) < 4.78 is 23.7. The van der Waals surface area contributed by atoms with Crippen molar-refractivity contribution in [1.82, 2.24) is 4.90 Å². The first-order chi connectivity index (χ1) is 14.3. The molecule has 1 saturated heterocycles. The van der Waals surface area contributed by atoms with Crippen LogP contribution in [-0.2, 0) is 9.59 Å². The summed E-state index contributed by atoms with van der Waals surface area (Å²) >= 11 is 1.20. The smallest absolute Gasteiger partial charge is 0.344 e. The van der Waals surface area contributed by atoms with Crippen LogP contribution in [0.15, 0.2) is 52.4 Å². The summed E-state index contributed by atoms with van der Waals surface area (Å²) in [5, 5.41) is 9.47. The summed E-state index contributed by atoms with van der Waals surface area (Å²) in [5.74, 6) is -1.04. The minimum absolute atomic E-state index is 0.223.